The van der Waals surface area contributed by atoms with Gasteiger partial charge in [0.25, 0.3) is 0 Å². The fourth-order valence-corrected chi connectivity index (χ4v) is 3.16. The van der Waals surface area contributed by atoms with Crippen molar-refractivity contribution in [2.75, 3.05) is 6.54 Å². The summed E-state index contributed by atoms with van der Waals surface area (Å²) in [5, 5.41) is 3.65. The minimum atomic E-state index is 0.912. The summed E-state index contributed by atoms with van der Waals surface area (Å²) >= 11 is 0. The second-order valence-corrected chi connectivity index (χ2v) is 6.68. The van der Waals surface area contributed by atoms with Gasteiger partial charge in [0, 0.05) is 6.54 Å². The summed E-state index contributed by atoms with van der Waals surface area (Å²) in [6.45, 7) is 6.87. The van der Waals surface area contributed by atoms with Crippen LogP contribution in [0.2, 0.25) is 0 Å². The van der Waals surface area contributed by atoms with Crippen molar-refractivity contribution in [3.8, 4) is 0 Å². The SMILES string of the molecule is CCCCc1ccc(CNCC2CCC(C)CC2)cc1. The van der Waals surface area contributed by atoms with Crippen LogP contribution in [0.5, 0.6) is 0 Å². The number of aryl methyl sites for hydroxylation is 1. The molecule has 1 aromatic rings. The van der Waals surface area contributed by atoms with Gasteiger partial charge in [0.2, 0.25) is 0 Å². The van der Waals surface area contributed by atoms with E-state index in [-0.39, 0.29) is 0 Å². The highest BCUT2D eigenvalue weighted by Crippen LogP contribution is 2.27. The summed E-state index contributed by atoms with van der Waals surface area (Å²) in [6.07, 6.45) is 9.51. The van der Waals surface area contributed by atoms with Gasteiger partial charge in [0.1, 0.15) is 0 Å². The first-order valence-corrected chi connectivity index (χ1v) is 8.56. The van der Waals surface area contributed by atoms with Crippen LogP contribution in [-0.2, 0) is 13.0 Å². The van der Waals surface area contributed by atoms with Crippen LogP contribution < -0.4 is 5.32 Å². The lowest BCUT2D eigenvalue weighted by molar-refractivity contribution is 0.281. The molecule has 1 aliphatic carbocycles. The molecule has 1 nitrogen and oxygen atoms in total. The first-order chi connectivity index (χ1) is 9.78. The predicted molar refractivity (Wildman–Crippen MR) is 87.9 cm³/mol. The minimum absolute atomic E-state index is 0.912. The van der Waals surface area contributed by atoms with Crippen molar-refractivity contribution in [3.63, 3.8) is 0 Å². The van der Waals surface area contributed by atoms with Crippen LogP contribution >= 0.6 is 0 Å². The highest BCUT2D eigenvalue weighted by molar-refractivity contribution is 5.22. The van der Waals surface area contributed by atoms with E-state index in [1.165, 1.54) is 62.6 Å². The van der Waals surface area contributed by atoms with E-state index in [4.69, 9.17) is 0 Å². The lowest BCUT2D eigenvalue weighted by Gasteiger charge is -2.26. The van der Waals surface area contributed by atoms with Gasteiger partial charge in [-0.3, -0.25) is 0 Å². The molecule has 1 aliphatic rings. The number of benzene rings is 1. The van der Waals surface area contributed by atoms with Crippen LogP contribution in [-0.4, -0.2) is 6.54 Å². The molecule has 2 rings (SSSR count). The fraction of sp³-hybridized carbons (Fsp3) is 0.684. The van der Waals surface area contributed by atoms with E-state index in [2.05, 4.69) is 43.4 Å². The summed E-state index contributed by atoms with van der Waals surface area (Å²) < 4.78 is 0. The van der Waals surface area contributed by atoms with Gasteiger partial charge < -0.3 is 5.32 Å². The van der Waals surface area contributed by atoms with Gasteiger partial charge in [-0.15, -0.1) is 0 Å². The van der Waals surface area contributed by atoms with Gasteiger partial charge in [-0.25, -0.2) is 0 Å². The Labute approximate surface area is 125 Å². The Morgan fingerprint density at radius 1 is 1.00 bits per heavy atom. The zero-order valence-electron chi connectivity index (χ0n) is 13.3. The summed E-state index contributed by atoms with van der Waals surface area (Å²) in [5.74, 6) is 1.87. The van der Waals surface area contributed by atoms with Crippen molar-refractivity contribution in [1.82, 2.24) is 5.32 Å². The van der Waals surface area contributed by atoms with Gasteiger partial charge in [0.05, 0.1) is 0 Å². The molecule has 0 amide bonds. The smallest absolute Gasteiger partial charge is 0.0205 e. The Kier molecular flexibility index (Phi) is 6.59. The molecule has 0 bridgehead atoms. The Balaban J connectivity index is 1.66. The molecule has 112 valence electrons. The molecule has 1 N–H and O–H groups in total. The van der Waals surface area contributed by atoms with Gasteiger partial charge in [-0.2, -0.15) is 0 Å². The number of hydrogen-bond donors (Lipinski definition) is 1. The minimum Gasteiger partial charge on any atom is -0.312 e. The summed E-state index contributed by atoms with van der Waals surface area (Å²) in [4.78, 5) is 0. The Bertz CT molecular complexity index is 360. The standard InChI is InChI=1S/C19H31N/c1-3-4-5-17-10-12-19(13-11-17)15-20-14-18-8-6-16(2)7-9-18/h10-13,16,18,20H,3-9,14-15H2,1-2H3. The maximum absolute atomic E-state index is 3.65. The largest absolute Gasteiger partial charge is 0.312 e. The van der Waals surface area contributed by atoms with Crippen molar-refractivity contribution in [2.24, 2.45) is 11.8 Å². The normalized spacial score (nSPS) is 22.9. The zero-order chi connectivity index (χ0) is 14.2. The van der Waals surface area contributed by atoms with Crippen molar-refractivity contribution in [2.45, 2.75) is 65.3 Å². The van der Waals surface area contributed by atoms with Crippen LogP contribution in [0.4, 0.5) is 0 Å². The highest BCUT2D eigenvalue weighted by atomic mass is 14.9. The van der Waals surface area contributed by atoms with Crippen LogP contribution in [0.1, 0.15) is 63.5 Å². The topological polar surface area (TPSA) is 12.0 Å². The van der Waals surface area contributed by atoms with Crippen LogP contribution in [0.3, 0.4) is 0 Å². The van der Waals surface area contributed by atoms with Crippen molar-refractivity contribution < 1.29 is 0 Å². The van der Waals surface area contributed by atoms with E-state index >= 15 is 0 Å². The molecule has 0 aliphatic heterocycles. The fourth-order valence-electron chi connectivity index (χ4n) is 3.16. The van der Waals surface area contributed by atoms with E-state index in [0.717, 1.165) is 18.4 Å². The molecule has 20 heavy (non-hydrogen) atoms. The molecular weight excluding hydrogens is 242 g/mol. The van der Waals surface area contributed by atoms with Crippen molar-refractivity contribution >= 4 is 0 Å². The van der Waals surface area contributed by atoms with Crippen molar-refractivity contribution in [1.29, 1.82) is 0 Å². The number of hydrogen-bond acceptors (Lipinski definition) is 1. The van der Waals surface area contributed by atoms with Gasteiger partial charge in [-0.05, 0) is 55.2 Å². The first kappa shape index (κ1) is 15.6. The van der Waals surface area contributed by atoms with E-state index < -0.39 is 0 Å². The van der Waals surface area contributed by atoms with Gasteiger partial charge >= 0.3 is 0 Å². The molecule has 0 unspecified atom stereocenters. The average Bonchev–Trinajstić information content (AvgIpc) is 2.48. The van der Waals surface area contributed by atoms with Crippen molar-refractivity contribution in [3.05, 3.63) is 35.4 Å². The molecule has 0 saturated heterocycles. The number of rotatable bonds is 7. The second kappa shape index (κ2) is 8.46. The number of unbranched alkanes of at least 4 members (excludes halogenated alkanes) is 1. The van der Waals surface area contributed by atoms with Gasteiger partial charge in [-0.1, -0.05) is 57.4 Å². The van der Waals surface area contributed by atoms with Crippen LogP contribution in [0, 0.1) is 11.8 Å². The van der Waals surface area contributed by atoms with Crippen LogP contribution in [0.25, 0.3) is 0 Å². The molecule has 0 radical (unpaired) electrons. The zero-order valence-corrected chi connectivity index (χ0v) is 13.3. The van der Waals surface area contributed by atoms with E-state index in [1.807, 2.05) is 0 Å². The maximum atomic E-state index is 3.65. The maximum Gasteiger partial charge on any atom is 0.0205 e. The monoisotopic (exact) mass is 273 g/mol. The lowest BCUT2D eigenvalue weighted by Crippen LogP contribution is -2.25. The van der Waals surface area contributed by atoms with Gasteiger partial charge in [0.15, 0.2) is 0 Å². The molecule has 1 saturated carbocycles. The molecule has 1 fully saturated rings. The Hall–Kier alpha value is -0.820. The summed E-state index contributed by atoms with van der Waals surface area (Å²) in [7, 11) is 0. The third kappa shape index (κ3) is 5.28. The molecule has 0 heterocycles. The third-order valence-corrected chi connectivity index (χ3v) is 4.74. The number of nitrogens with one attached hydrogen (secondary N) is 1. The molecule has 0 aromatic heterocycles. The third-order valence-electron chi connectivity index (χ3n) is 4.74. The molecular formula is C19H31N. The molecule has 1 aromatic carbocycles. The van der Waals surface area contributed by atoms with Crippen LogP contribution in [0.15, 0.2) is 24.3 Å². The van der Waals surface area contributed by atoms with E-state index in [1.54, 1.807) is 0 Å². The lowest BCUT2D eigenvalue weighted by atomic mass is 9.83. The Morgan fingerprint density at radius 2 is 1.65 bits per heavy atom. The average molecular weight is 273 g/mol. The summed E-state index contributed by atoms with van der Waals surface area (Å²) in [6, 6.07) is 9.19. The predicted octanol–water partition coefficient (Wildman–Crippen LogP) is 4.95. The molecule has 0 spiro atoms. The molecule has 1 heteroatoms. The molecule has 0 atom stereocenters. The van der Waals surface area contributed by atoms with E-state index in [0.29, 0.717) is 0 Å². The summed E-state index contributed by atoms with van der Waals surface area (Å²) in [5.41, 5.74) is 2.91. The second-order valence-electron chi connectivity index (χ2n) is 6.68. The Morgan fingerprint density at radius 3 is 2.30 bits per heavy atom. The highest BCUT2D eigenvalue weighted by Gasteiger charge is 2.17. The first-order valence-electron chi connectivity index (χ1n) is 8.56. The quantitative estimate of drug-likeness (QED) is 0.741. The van der Waals surface area contributed by atoms with E-state index in [9.17, 15) is 0 Å².